The third-order valence-electron chi connectivity index (χ3n) is 3.25. The van der Waals surface area contributed by atoms with Crippen molar-refractivity contribution in [3.8, 4) is 5.75 Å². The minimum Gasteiger partial charge on any atom is -0.434 e. The predicted octanol–water partition coefficient (Wildman–Crippen LogP) is 2.56. The molecule has 1 rings (SSSR count). The van der Waals surface area contributed by atoms with Gasteiger partial charge < -0.3 is 15.2 Å². The highest BCUT2D eigenvalue weighted by molar-refractivity contribution is 5.96. The lowest BCUT2D eigenvalue weighted by molar-refractivity contribution is -0.0503. The van der Waals surface area contributed by atoms with Gasteiger partial charge in [0.1, 0.15) is 11.6 Å². The molecule has 1 atom stereocenters. The first kappa shape index (κ1) is 17.3. The van der Waals surface area contributed by atoms with Gasteiger partial charge in [-0.2, -0.15) is 8.78 Å². The highest BCUT2D eigenvalue weighted by Crippen LogP contribution is 2.22. The highest BCUT2D eigenvalue weighted by atomic mass is 19.3. The maximum absolute atomic E-state index is 13.0. The van der Waals surface area contributed by atoms with Gasteiger partial charge in [-0.15, -0.1) is 0 Å². The molecule has 0 spiro atoms. The fourth-order valence-electron chi connectivity index (χ4n) is 1.44. The molecule has 1 unspecified atom stereocenters. The van der Waals surface area contributed by atoms with Crippen LogP contribution < -0.4 is 10.1 Å². The van der Waals surface area contributed by atoms with Crippen LogP contribution in [0.4, 0.5) is 13.2 Å². The molecule has 0 saturated carbocycles. The van der Waals surface area contributed by atoms with Crippen LogP contribution in [0.15, 0.2) is 18.2 Å². The van der Waals surface area contributed by atoms with Crippen LogP contribution in [0.25, 0.3) is 0 Å². The molecular weight excluding hydrogens is 287 g/mol. The molecule has 4 nitrogen and oxygen atoms in total. The van der Waals surface area contributed by atoms with Gasteiger partial charge >= 0.3 is 6.61 Å². The molecule has 7 heteroatoms. The van der Waals surface area contributed by atoms with Crippen LogP contribution >= 0.6 is 0 Å². The molecule has 0 aromatic heterocycles. The van der Waals surface area contributed by atoms with E-state index in [4.69, 9.17) is 0 Å². The number of alkyl halides is 2. The summed E-state index contributed by atoms with van der Waals surface area (Å²) < 4.78 is 41.7. The first-order valence-electron chi connectivity index (χ1n) is 6.38. The molecule has 0 radical (unpaired) electrons. The summed E-state index contributed by atoms with van der Waals surface area (Å²) in [6.07, 6.45) is 0. The number of aliphatic hydroxyl groups is 1. The molecule has 0 bridgehead atoms. The normalized spacial score (nSPS) is 14.1. The van der Waals surface area contributed by atoms with E-state index in [1.54, 1.807) is 20.8 Å². The van der Waals surface area contributed by atoms with E-state index < -0.39 is 29.7 Å². The molecule has 0 saturated heterocycles. The average molecular weight is 305 g/mol. The Bertz CT molecular complexity index is 504. The molecule has 0 aliphatic rings. The maximum Gasteiger partial charge on any atom is 0.387 e. The molecular formula is C14H18F3NO3. The van der Waals surface area contributed by atoms with Gasteiger partial charge in [0.05, 0.1) is 11.2 Å². The van der Waals surface area contributed by atoms with Crippen molar-refractivity contribution < 1.29 is 27.8 Å². The summed E-state index contributed by atoms with van der Waals surface area (Å²) in [4.78, 5) is 12.0. The Morgan fingerprint density at radius 2 is 2.05 bits per heavy atom. The fourth-order valence-corrected chi connectivity index (χ4v) is 1.44. The Balaban J connectivity index is 2.87. The Morgan fingerprint density at radius 3 is 2.57 bits per heavy atom. The predicted molar refractivity (Wildman–Crippen MR) is 70.8 cm³/mol. The fraction of sp³-hybridized carbons (Fsp3) is 0.500. The topological polar surface area (TPSA) is 58.6 Å². The Hall–Kier alpha value is -1.76. The zero-order chi connectivity index (χ0) is 16.2. The number of ether oxygens (including phenoxy) is 1. The van der Waals surface area contributed by atoms with Gasteiger partial charge in [-0.25, -0.2) is 4.39 Å². The van der Waals surface area contributed by atoms with Crippen LogP contribution in [0.3, 0.4) is 0 Å². The van der Waals surface area contributed by atoms with Crippen molar-refractivity contribution >= 4 is 5.91 Å². The first-order chi connectivity index (χ1) is 9.63. The quantitative estimate of drug-likeness (QED) is 0.849. The molecule has 1 amide bonds. The molecule has 118 valence electrons. The van der Waals surface area contributed by atoms with Crippen molar-refractivity contribution in [2.75, 3.05) is 6.54 Å². The number of hydrogen-bond acceptors (Lipinski definition) is 3. The van der Waals surface area contributed by atoms with Crippen LogP contribution in [-0.4, -0.2) is 29.8 Å². The molecule has 0 fully saturated rings. The summed E-state index contributed by atoms with van der Waals surface area (Å²) in [5, 5.41) is 12.4. The van der Waals surface area contributed by atoms with Gasteiger partial charge in [-0.05, 0) is 25.0 Å². The molecule has 21 heavy (non-hydrogen) atoms. The number of carbonyl (C=O) groups is 1. The zero-order valence-electron chi connectivity index (χ0n) is 12.0. The number of carbonyl (C=O) groups excluding carboxylic acids is 1. The van der Waals surface area contributed by atoms with Gasteiger partial charge in [0.2, 0.25) is 0 Å². The van der Waals surface area contributed by atoms with Gasteiger partial charge in [0.25, 0.3) is 5.91 Å². The molecule has 0 aliphatic heterocycles. The van der Waals surface area contributed by atoms with Gasteiger partial charge in [-0.1, -0.05) is 13.8 Å². The van der Waals surface area contributed by atoms with Crippen LogP contribution in [0.2, 0.25) is 0 Å². The molecule has 0 heterocycles. The maximum atomic E-state index is 13.0. The number of rotatable bonds is 6. The lowest BCUT2D eigenvalue weighted by Crippen LogP contribution is -2.44. The number of nitrogens with one attached hydrogen (secondary N) is 1. The Kier molecular flexibility index (Phi) is 5.60. The highest BCUT2D eigenvalue weighted by Gasteiger charge is 2.26. The summed E-state index contributed by atoms with van der Waals surface area (Å²) in [6, 6.07) is 2.72. The third-order valence-corrected chi connectivity index (χ3v) is 3.25. The van der Waals surface area contributed by atoms with E-state index >= 15 is 0 Å². The second-order valence-corrected chi connectivity index (χ2v) is 5.21. The lowest BCUT2D eigenvalue weighted by Gasteiger charge is -2.27. The monoisotopic (exact) mass is 305 g/mol. The van der Waals surface area contributed by atoms with E-state index in [-0.39, 0.29) is 18.0 Å². The zero-order valence-corrected chi connectivity index (χ0v) is 12.0. The summed E-state index contributed by atoms with van der Waals surface area (Å²) in [7, 11) is 0. The molecule has 1 aromatic carbocycles. The van der Waals surface area contributed by atoms with Gasteiger partial charge in [0, 0.05) is 12.6 Å². The smallest absolute Gasteiger partial charge is 0.387 e. The van der Waals surface area contributed by atoms with Crippen LogP contribution in [0, 0.1) is 11.7 Å². The van der Waals surface area contributed by atoms with Crippen LogP contribution in [-0.2, 0) is 0 Å². The second kappa shape index (κ2) is 6.80. The van der Waals surface area contributed by atoms with Crippen molar-refractivity contribution in [1.82, 2.24) is 5.32 Å². The number of halogens is 3. The first-order valence-corrected chi connectivity index (χ1v) is 6.38. The minimum absolute atomic E-state index is 0.0744. The Labute approximate surface area is 120 Å². The molecule has 1 aromatic rings. The van der Waals surface area contributed by atoms with Crippen molar-refractivity contribution in [2.24, 2.45) is 5.92 Å². The van der Waals surface area contributed by atoms with E-state index in [9.17, 15) is 23.1 Å². The largest absolute Gasteiger partial charge is 0.434 e. The lowest BCUT2D eigenvalue weighted by atomic mass is 9.92. The molecule has 2 N–H and O–H groups in total. The minimum atomic E-state index is -3.17. The van der Waals surface area contributed by atoms with Crippen LogP contribution in [0.1, 0.15) is 31.1 Å². The van der Waals surface area contributed by atoms with Gasteiger partial charge in [-0.3, -0.25) is 4.79 Å². The number of amides is 1. The average Bonchev–Trinajstić information content (AvgIpc) is 2.35. The van der Waals surface area contributed by atoms with Crippen molar-refractivity contribution in [3.05, 3.63) is 29.6 Å². The van der Waals surface area contributed by atoms with Gasteiger partial charge in [0.15, 0.2) is 0 Å². The van der Waals surface area contributed by atoms with E-state index in [1.807, 2.05) is 0 Å². The standard InChI is InChI=1S/C14H18F3NO3/c1-8(2)14(3,20)7-18-12(19)10-5-4-9(15)6-11(10)21-13(16)17/h4-6,8,13,20H,7H2,1-3H3,(H,18,19). The Morgan fingerprint density at radius 1 is 1.43 bits per heavy atom. The van der Waals surface area contributed by atoms with Crippen molar-refractivity contribution in [1.29, 1.82) is 0 Å². The summed E-state index contributed by atoms with van der Waals surface area (Å²) in [6.45, 7) is 1.84. The van der Waals surface area contributed by atoms with Crippen molar-refractivity contribution in [3.63, 3.8) is 0 Å². The summed E-state index contributed by atoms with van der Waals surface area (Å²) in [5.41, 5.74) is -1.38. The number of hydrogen-bond donors (Lipinski definition) is 2. The molecule has 0 aliphatic carbocycles. The summed E-state index contributed by atoms with van der Waals surface area (Å²) in [5.74, 6) is -2.20. The number of benzene rings is 1. The van der Waals surface area contributed by atoms with Crippen molar-refractivity contribution in [2.45, 2.75) is 33.0 Å². The van der Waals surface area contributed by atoms with E-state index in [0.717, 1.165) is 12.1 Å². The van der Waals surface area contributed by atoms with E-state index in [0.29, 0.717) is 6.07 Å². The third kappa shape index (κ3) is 4.93. The summed E-state index contributed by atoms with van der Waals surface area (Å²) >= 11 is 0. The SMILES string of the molecule is CC(C)C(C)(O)CNC(=O)c1ccc(F)cc1OC(F)F. The van der Waals surface area contributed by atoms with E-state index in [2.05, 4.69) is 10.1 Å². The second-order valence-electron chi connectivity index (χ2n) is 5.21. The van der Waals surface area contributed by atoms with Crippen LogP contribution in [0.5, 0.6) is 5.75 Å². The van der Waals surface area contributed by atoms with E-state index in [1.165, 1.54) is 0 Å².